The molecule has 34 heavy (non-hydrogen) atoms. The molecule has 6 rings (SSSR count). The van der Waals surface area contributed by atoms with Crippen LogP contribution in [0.4, 0.5) is 4.39 Å². The van der Waals surface area contributed by atoms with Crippen molar-refractivity contribution in [2.45, 2.75) is 69.3 Å². The molecule has 182 valence electrons. The van der Waals surface area contributed by atoms with Gasteiger partial charge in [-0.05, 0) is 36.6 Å². The number of hydrogen-bond donors (Lipinski definition) is 0. The molecule has 1 aromatic rings. The van der Waals surface area contributed by atoms with Crippen LogP contribution < -0.4 is 0 Å². The van der Waals surface area contributed by atoms with Crippen molar-refractivity contribution in [3.05, 3.63) is 47.8 Å². The lowest BCUT2D eigenvalue weighted by Crippen LogP contribution is -2.66. The maximum Gasteiger partial charge on any atom is 0.317 e. The highest BCUT2D eigenvalue weighted by Gasteiger charge is 2.51. The lowest BCUT2D eigenvalue weighted by Gasteiger charge is -2.52. The summed E-state index contributed by atoms with van der Waals surface area (Å²) in [6.45, 7) is 3.82. The van der Waals surface area contributed by atoms with Crippen LogP contribution in [0.25, 0.3) is 0 Å². The minimum absolute atomic E-state index is 0.166. The Hall–Kier alpha value is -2.34. The van der Waals surface area contributed by atoms with Gasteiger partial charge in [0, 0.05) is 24.5 Å². The van der Waals surface area contributed by atoms with E-state index >= 15 is 0 Å². The smallest absolute Gasteiger partial charge is 0.317 e. The molecule has 1 aromatic carbocycles. The minimum atomic E-state index is -0.766. The molecule has 1 atom stereocenters. The molecule has 0 amide bonds. The van der Waals surface area contributed by atoms with Gasteiger partial charge in [-0.25, -0.2) is 4.39 Å². The summed E-state index contributed by atoms with van der Waals surface area (Å²) >= 11 is 0. The molecule has 0 unspecified atom stereocenters. The van der Waals surface area contributed by atoms with Crippen LogP contribution in [0.15, 0.2) is 41.4 Å². The topological polar surface area (TPSA) is 55.7 Å². The Balaban J connectivity index is 1.31. The Bertz CT molecular complexity index is 985. The van der Waals surface area contributed by atoms with E-state index in [1.54, 1.807) is 6.07 Å². The summed E-state index contributed by atoms with van der Waals surface area (Å²) in [6.07, 6.45) is 11.6. The number of benzene rings is 1. The second-order valence-corrected chi connectivity index (χ2v) is 10.9. The number of rotatable bonds is 7. The molecule has 2 bridgehead atoms. The number of quaternary nitrogens is 1. The van der Waals surface area contributed by atoms with Gasteiger partial charge in [0.2, 0.25) is 0 Å². The maximum atomic E-state index is 14.2. The van der Waals surface area contributed by atoms with Crippen LogP contribution in [0.2, 0.25) is 0 Å². The highest BCUT2D eigenvalue weighted by Crippen LogP contribution is 2.42. The van der Waals surface area contributed by atoms with Gasteiger partial charge in [0.25, 0.3) is 0 Å². The van der Waals surface area contributed by atoms with E-state index in [2.05, 4.69) is 4.99 Å². The number of piperidine rings is 3. The van der Waals surface area contributed by atoms with Crippen LogP contribution in [0, 0.1) is 11.7 Å². The molecule has 1 aliphatic carbocycles. The average molecular weight is 468 g/mol. The van der Waals surface area contributed by atoms with Crippen LogP contribution in [-0.2, 0) is 19.7 Å². The number of Topliss-reactive ketones (excluding diaryl/α,β-unsaturated/α-hetero) is 1. The van der Waals surface area contributed by atoms with E-state index in [4.69, 9.17) is 4.74 Å². The van der Waals surface area contributed by atoms with Crippen molar-refractivity contribution in [2.24, 2.45) is 10.9 Å². The highest BCUT2D eigenvalue weighted by atomic mass is 19.1. The predicted molar refractivity (Wildman–Crippen MR) is 129 cm³/mol. The molecule has 5 aliphatic rings. The SMILES string of the molecule is O=C(CC1=NCC=C1)C[N+]12CCC(CC1)[C@@H](OC(=O)C1(c3cccc(F)c3)CCCCCC1)C2. The number of carbonyl (C=O) groups excluding carboxylic acids is 2. The number of nitrogens with zero attached hydrogens (tertiary/aromatic N) is 2. The van der Waals surface area contributed by atoms with Crippen molar-refractivity contribution in [1.29, 1.82) is 0 Å². The summed E-state index contributed by atoms with van der Waals surface area (Å²) in [7, 11) is 0. The second kappa shape index (κ2) is 9.73. The normalized spacial score (nSPS) is 30.0. The second-order valence-electron chi connectivity index (χ2n) is 10.9. The molecular formula is C28H36FN2O3+. The molecule has 5 nitrogen and oxygen atoms in total. The summed E-state index contributed by atoms with van der Waals surface area (Å²) in [6, 6.07) is 6.55. The molecule has 4 heterocycles. The Morgan fingerprint density at radius 3 is 2.56 bits per heavy atom. The third-order valence-electron chi connectivity index (χ3n) is 8.63. The zero-order chi connectivity index (χ0) is 23.6. The number of ether oxygens (including phenoxy) is 1. The fraction of sp³-hybridized carbons (Fsp3) is 0.607. The van der Waals surface area contributed by atoms with Gasteiger partial charge in [-0.1, -0.05) is 43.9 Å². The quantitative estimate of drug-likeness (QED) is 0.336. The van der Waals surface area contributed by atoms with E-state index in [0.29, 0.717) is 44.8 Å². The number of aliphatic imine (C=N–C) groups is 1. The van der Waals surface area contributed by atoms with Crippen LogP contribution in [0.5, 0.6) is 0 Å². The van der Waals surface area contributed by atoms with Crippen LogP contribution >= 0.6 is 0 Å². The lowest BCUT2D eigenvalue weighted by atomic mass is 9.74. The first-order valence-electron chi connectivity index (χ1n) is 13.0. The zero-order valence-corrected chi connectivity index (χ0v) is 20.0. The number of carbonyl (C=O) groups is 2. The summed E-state index contributed by atoms with van der Waals surface area (Å²) < 4.78 is 21.2. The minimum Gasteiger partial charge on any atom is -0.455 e. The van der Waals surface area contributed by atoms with Crippen LogP contribution in [0.1, 0.15) is 63.4 Å². The fourth-order valence-electron chi connectivity index (χ4n) is 6.71. The van der Waals surface area contributed by atoms with E-state index < -0.39 is 5.41 Å². The number of halogens is 1. The van der Waals surface area contributed by atoms with Gasteiger partial charge in [0.05, 0.1) is 31.5 Å². The highest BCUT2D eigenvalue weighted by molar-refractivity contribution is 6.08. The van der Waals surface area contributed by atoms with Gasteiger partial charge < -0.3 is 9.22 Å². The van der Waals surface area contributed by atoms with Crippen LogP contribution in [-0.4, -0.2) is 60.8 Å². The van der Waals surface area contributed by atoms with Gasteiger partial charge in [-0.3, -0.25) is 14.6 Å². The van der Waals surface area contributed by atoms with Gasteiger partial charge in [-0.2, -0.15) is 0 Å². The zero-order valence-electron chi connectivity index (χ0n) is 20.0. The summed E-state index contributed by atoms with van der Waals surface area (Å²) in [5, 5.41) is 0. The van der Waals surface area contributed by atoms with Crippen molar-refractivity contribution in [3.8, 4) is 0 Å². The van der Waals surface area contributed by atoms with Gasteiger partial charge >= 0.3 is 5.97 Å². The third-order valence-corrected chi connectivity index (χ3v) is 8.63. The molecular weight excluding hydrogens is 431 g/mol. The van der Waals surface area contributed by atoms with Crippen molar-refractivity contribution in [3.63, 3.8) is 0 Å². The Morgan fingerprint density at radius 2 is 1.88 bits per heavy atom. The molecule has 1 saturated carbocycles. The largest absolute Gasteiger partial charge is 0.455 e. The number of allylic oxidation sites excluding steroid dienone is 1. The first-order valence-corrected chi connectivity index (χ1v) is 13.0. The van der Waals surface area contributed by atoms with E-state index in [1.807, 2.05) is 18.2 Å². The van der Waals surface area contributed by atoms with E-state index in [9.17, 15) is 14.0 Å². The Kier molecular flexibility index (Phi) is 6.70. The third kappa shape index (κ3) is 4.74. The van der Waals surface area contributed by atoms with E-state index in [0.717, 1.165) is 67.4 Å². The van der Waals surface area contributed by atoms with Crippen LogP contribution in [0.3, 0.4) is 0 Å². The van der Waals surface area contributed by atoms with E-state index in [1.165, 1.54) is 12.1 Å². The van der Waals surface area contributed by atoms with Gasteiger partial charge in [0.1, 0.15) is 18.9 Å². The Morgan fingerprint density at radius 1 is 1.12 bits per heavy atom. The number of fused-ring (bicyclic) bond motifs is 3. The fourth-order valence-corrected chi connectivity index (χ4v) is 6.71. The molecule has 6 heteroatoms. The van der Waals surface area contributed by atoms with Crippen molar-refractivity contribution >= 4 is 17.5 Å². The number of hydrogen-bond acceptors (Lipinski definition) is 4. The summed E-state index contributed by atoms with van der Waals surface area (Å²) in [5.41, 5.74) is 0.867. The monoisotopic (exact) mass is 467 g/mol. The van der Waals surface area contributed by atoms with E-state index in [-0.39, 0.29) is 23.7 Å². The molecule has 4 aliphatic heterocycles. The standard InChI is InChI=1S/C28H36FN2O3/c29-23-8-5-7-22(17-23)28(12-3-1-2-4-13-28)27(33)34-26-20-31(15-10-21(26)11-16-31)19-25(32)18-24-9-6-14-30-24/h5-9,17,21,26H,1-4,10-16,18-20H2/q+1/t21?,26-,31?/m0/s1. The number of ketones is 1. The number of esters is 1. The predicted octanol–water partition coefficient (Wildman–Crippen LogP) is 4.54. The summed E-state index contributed by atoms with van der Waals surface area (Å²) in [4.78, 5) is 31.1. The van der Waals surface area contributed by atoms with Crippen molar-refractivity contribution in [1.82, 2.24) is 0 Å². The Labute approximate surface area is 201 Å². The van der Waals surface area contributed by atoms with Gasteiger partial charge in [-0.15, -0.1) is 0 Å². The maximum absolute atomic E-state index is 14.2. The summed E-state index contributed by atoms with van der Waals surface area (Å²) in [5.74, 6) is 0.0856. The molecule has 3 saturated heterocycles. The lowest BCUT2D eigenvalue weighted by molar-refractivity contribution is -0.939. The molecule has 4 fully saturated rings. The first kappa shape index (κ1) is 23.4. The average Bonchev–Trinajstić information content (AvgIpc) is 3.20. The molecule has 0 aromatic heterocycles. The molecule has 0 spiro atoms. The van der Waals surface area contributed by atoms with Crippen molar-refractivity contribution in [2.75, 3.05) is 32.7 Å². The van der Waals surface area contributed by atoms with Crippen molar-refractivity contribution < 1.29 is 23.2 Å². The van der Waals surface area contributed by atoms with Gasteiger partial charge in [0.15, 0.2) is 11.9 Å². The molecule has 0 N–H and O–H groups in total. The molecule has 0 radical (unpaired) electrons. The first-order chi connectivity index (χ1) is 16.5.